The Morgan fingerprint density at radius 2 is 2.23 bits per heavy atom. The number of ether oxygens (including phenoxy) is 1. The molecule has 6 heteroatoms. The average molecular weight is 192 g/mol. The van der Waals surface area contributed by atoms with Gasteiger partial charge in [-0.05, 0) is 0 Å². The van der Waals surface area contributed by atoms with Crippen LogP contribution in [0.15, 0.2) is 12.4 Å². The lowest BCUT2D eigenvalue weighted by molar-refractivity contribution is -0.209. The standard InChI is InChI=1S/C7H7F3N2O/c1-12-4-5(3-11-12)6(13-2)7(8,9)10/h2-4,6H,1H3. The molecule has 0 aliphatic carbocycles. The Labute approximate surface area is 73.1 Å². The normalized spacial score (nSPS) is 14.5. The van der Waals surface area contributed by atoms with Crippen molar-refractivity contribution >= 4 is 0 Å². The third kappa shape index (κ3) is 2.21. The Hall–Kier alpha value is -1.04. The van der Waals surface area contributed by atoms with Crippen LogP contribution in [0, 0.1) is 7.11 Å². The largest absolute Gasteiger partial charge is 0.418 e. The quantitative estimate of drug-likeness (QED) is 0.713. The van der Waals surface area contributed by atoms with Crippen LogP contribution >= 0.6 is 0 Å². The van der Waals surface area contributed by atoms with Crippen LogP contribution in [0.3, 0.4) is 0 Å². The average Bonchev–Trinajstić information content (AvgIpc) is 2.34. The van der Waals surface area contributed by atoms with Crippen molar-refractivity contribution in [1.82, 2.24) is 9.78 Å². The van der Waals surface area contributed by atoms with E-state index in [1.165, 1.54) is 17.9 Å². The van der Waals surface area contributed by atoms with E-state index in [2.05, 4.69) is 16.9 Å². The van der Waals surface area contributed by atoms with Crippen molar-refractivity contribution in [3.8, 4) is 0 Å². The predicted molar refractivity (Wildman–Crippen MR) is 37.4 cm³/mol. The lowest BCUT2D eigenvalue weighted by Crippen LogP contribution is -2.21. The van der Waals surface area contributed by atoms with Gasteiger partial charge in [0, 0.05) is 18.8 Å². The summed E-state index contributed by atoms with van der Waals surface area (Å²) in [6, 6.07) is 0. The van der Waals surface area contributed by atoms with E-state index in [0.29, 0.717) is 0 Å². The second-order valence-corrected chi connectivity index (χ2v) is 2.51. The van der Waals surface area contributed by atoms with Gasteiger partial charge in [-0.3, -0.25) is 4.68 Å². The molecule has 0 saturated heterocycles. The molecule has 2 radical (unpaired) electrons. The summed E-state index contributed by atoms with van der Waals surface area (Å²) in [5.74, 6) is 0. The Kier molecular flexibility index (Phi) is 2.60. The van der Waals surface area contributed by atoms with Gasteiger partial charge in [-0.25, -0.2) is 0 Å². The molecule has 3 nitrogen and oxygen atoms in total. The molecule has 0 aromatic carbocycles. The molecule has 0 saturated carbocycles. The Bertz CT molecular complexity index is 282. The zero-order chi connectivity index (χ0) is 10.1. The molecule has 0 N–H and O–H groups in total. The highest BCUT2D eigenvalue weighted by Crippen LogP contribution is 2.34. The van der Waals surface area contributed by atoms with Crippen molar-refractivity contribution < 1.29 is 17.9 Å². The van der Waals surface area contributed by atoms with Crippen LogP contribution < -0.4 is 0 Å². The molecule has 0 aliphatic rings. The molecular formula is C7H7F3N2O. The van der Waals surface area contributed by atoms with Crippen LogP contribution in [-0.4, -0.2) is 16.0 Å². The number of halogens is 3. The fraction of sp³-hybridized carbons (Fsp3) is 0.429. The first-order chi connectivity index (χ1) is 5.95. The molecule has 1 rings (SSSR count). The van der Waals surface area contributed by atoms with Gasteiger partial charge in [-0.2, -0.15) is 18.3 Å². The molecule has 0 fully saturated rings. The monoisotopic (exact) mass is 192 g/mol. The van der Waals surface area contributed by atoms with E-state index in [1.807, 2.05) is 0 Å². The minimum absolute atomic E-state index is 0.113. The maximum absolute atomic E-state index is 12.2. The number of hydrogen-bond acceptors (Lipinski definition) is 2. The summed E-state index contributed by atoms with van der Waals surface area (Å²) in [6.45, 7) is 0. The molecule has 1 atom stereocenters. The van der Waals surface area contributed by atoms with E-state index in [9.17, 15) is 13.2 Å². The summed E-state index contributed by atoms with van der Waals surface area (Å²) in [6.07, 6.45) is -4.37. The van der Waals surface area contributed by atoms with Gasteiger partial charge < -0.3 is 4.74 Å². The van der Waals surface area contributed by atoms with Crippen molar-refractivity contribution in [3.63, 3.8) is 0 Å². The van der Waals surface area contributed by atoms with Gasteiger partial charge in [0.2, 0.25) is 0 Å². The fourth-order valence-electron chi connectivity index (χ4n) is 0.920. The molecule has 1 heterocycles. The smallest absolute Gasteiger partial charge is 0.355 e. The molecule has 0 spiro atoms. The van der Waals surface area contributed by atoms with E-state index in [0.717, 1.165) is 6.20 Å². The number of rotatable bonds is 2. The second kappa shape index (κ2) is 3.37. The number of aryl methyl sites for hydroxylation is 1. The maximum Gasteiger partial charge on any atom is 0.418 e. The molecule has 1 aromatic rings. The van der Waals surface area contributed by atoms with Crippen molar-refractivity contribution in [2.45, 2.75) is 12.3 Å². The highest BCUT2D eigenvalue weighted by Gasteiger charge is 2.41. The van der Waals surface area contributed by atoms with Gasteiger partial charge in [-0.1, -0.05) is 0 Å². The first kappa shape index (κ1) is 10.0. The Morgan fingerprint density at radius 3 is 2.54 bits per heavy atom. The highest BCUT2D eigenvalue weighted by atomic mass is 19.4. The summed E-state index contributed by atoms with van der Waals surface area (Å²) in [5.41, 5.74) is -0.113. The molecule has 72 valence electrons. The molecule has 0 bridgehead atoms. The lowest BCUT2D eigenvalue weighted by atomic mass is 10.2. The second-order valence-electron chi connectivity index (χ2n) is 2.51. The molecule has 13 heavy (non-hydrogen) atoms. The van der Waals surface area contributed by atoms with Crippen molar-refractivity contribution in [2.75, 3.05) is 0 Å². The number of alkyl halides is 3. The van der Waals surface area contributed by atoms with E-state index in [-0.39, 0.29) is 5.56 Å². The van der Waals surface area contributed by atoms with Gasteiger partial charge in [0.1, 0.15) is 7.11 Å². The van der Waals surface area contributed by atoms with E-state index in [1.54, 1.807) is 0 Å². The van der Waals surface area contributed by atoms with Crippen molar-refractivity contribution in [1.29, 1.82) is 0 Å². The zero-order valence-corrected chi connectivity index (χ0v) is 6.75. The Balaban J connectivity index is 2.91. The maximum atomic E-state index is 12.2. The summed E-state index contributed by atoms with van der Waals surface area (Å²) >= 11 is 0. The van der Waals surface area contributed by atoms with Crippen LogP contribution in [0.2, 0.25) is 0 Å². The van der Waals surface area contributed by atoms with Gasteiger partial charge in [-0.15, -0.1) is 0 Å². The highest BCUT2D eigenvalue weighted by molar-refractivity contribution is 5.10. The summed E-state index contributed by atoms with van der Waals surface area (Å²) in [7, 11) is 6.05. The number of nitrogens with zero attached hydrogens (tertiary/aromatic N) is 2. The summed E-state index contributed by atoms with van der Waals surface area (Å²) in [5, 5.41) is 3.58. The molecule has 0 aliphatic heterocycles. The predicted octanol–water partition coefficient (Wildman–Crippen LogP) is 1.71. The van der Waals surface area contributed by atoms with Gasteiger partial charge >= 0.3 is 6.18 Å². The molecule has 1 aromatic heterocycles. The third-order valence-corrected chi connectivity index (χ3v) is 1.46. The first-order valence-electron chi connectivity index (χ1n) is 3.36. The van der Waals surface area contributed by atoms with Gasteiger partial charge in [0.05, 0.1) is 6.20 Å². The van der Waals surface area contributed by atoms with Gasteiger partial charge in [0.15, 0.2) is 6.10 Å². The van der Waals surface area contributed by atoms with Crippen molar-refractivity contribution in [3.05, 3.63) is 25.1 Å². The van der Waals surface area contributed by atoms with E-state index < -0.39 is 12.3 Å². The Morgan fingerprint density at radius 1 is 1.62 bits per heavy atom. The van der Waals surface area contributed by atoms with Crippen LogP contribution in [0.25, 0.3) is 0 Å². The summed E-state index contributed by atoms with van der Waals surface area (Å²) < 4.78 is 41.6. The number of hydrogen-bond donors (Lipinski definition) is 0. The minimum Gasteiger partial charge on any atom is -0.355 e. The molecule has 0 amide bonds. The first-order valence-corrected chi connectivity index (χ1v) is 3.36. The molecule has 1 unspecified atom stereocenters. The fourth-order valence-corrected chi connectivity index (χ4v) is 0.920. The third-order valence-electron chi connectivity index (χ3n) is 1.46. The zero-order valence-electron chi connectivity index (χ0n) is 6.75. The lowest BCUT2D eigenvalue weighted by Gasteiger charge is -2.16. The van der Waals surface area contributed by atoms with Crippen LogP contribution in [0.1, 0.15) is 11.7 Å². The van der Waals surface area contributed by atoms with Crippen LogP contribution in [0.4, 0.5) is 13.2 Å². The minimum atomic E-state index is -4.52. The van der Waals surface area contributed by atoms with Crippen molar-refractivity contribution in [2.24, 2.45) is 7.05 Å². The van der Waals surface area contributed by atoms with Crippen LogP contribution in [-0.2, 0) is 11.8 Å². The molecular weight excluding hydrogens is 185 g/mol. The van der Waals surface area contributed by atoms with E-state index in [4.69, 9.17) is 0 Å². The van der Waals surface area contributed by atoms with Gasteiger partial charge in [0.25, 0.3) is 0 Å². The number of aromatic nitrogens is 2. The topological polar surface area (TPSA) is 27.1 Å². The van der Waals surface area contributed by atoms with Crippen LogP contribution in [0.5, 0.6) is 0 Å². The SMILES string of the molecule is [CH]OC(c1cnn(C)c1)C(F)(F)F. The summed E-state index contributed by atoms with van der Waals surface area (Å²) in [4.78, 5) is 0. The van der Waals surface area contributed by atoms with E-state index >= 15 is 0 Å².